The molecule has 0 saturated carbocycles. The second-order valence-electron chi connectivity index (χ2n) is 7.08. The Kier molecular flexibility index (Phi) is 5.11. The highest BCUT2D eigenvalue weighted by molar-refractivity contribution is 5.45. The van der Waals surface area contributed by atoms with Crippen molar-refractivity contribution in [3.05, 3.63) is 55.4 Å². The molecule has 0 aliphatic carbocycles. The van der Waals surface area contributed by atoms with E-state index in [2.05, 4.69) is 0 Å². The summed E-state index contributed by atoms with van der Waals surface area (Å²) in [7, 11) is 3.25. The predicted octanol–water partition coefficient (Wildman–Crippen LogP) is 2.29. The second-order valence-corrected chi connectivity index (χ2v) is 7.08. The summed E-state index contributed by atoms with van der Waals surface area (Å²) < 4.78 is 2.89. The molecule has 2 aromatic rings. The van der Waals surface area contributed by atoms with Gasteiger partial charge < -0.3 is 19.3 Å². The molecule has 0 unspecified atom stereocenters. The topological polar surface area (TPSA) is 84.5 Å². The first-order valence-electron chi connectivity index (χ1n) is 8.35. The van der Waals surface area contributed by atoms with Crippen LogP contribution in [-0.2, 0) is 14.1 Å². The smallest absolute Gasteiger partial charge is 0.258 e. The van der Waals surface area contributed by atoms with Crippen molar-refractivity contribution in [1.82, 2.24) is 9.13 Å². The first kappa shape index (κ1) is 18.8. The van der Waals surface area contributed by atoms with Gasteiger partial charge in [0.2, 0.25) is 0 Å². The van der Waals surface area contributed by atoms with Crippen molar-refractivity contribution in [3.8, 4) is 11.5 Å². The fraction of sp³-hybridized carbons (Fsp3) is 0.474. The first-order chi connectivity index (χ1) is 11.6. The molecule has 6 heteroatoms. The molecule has 0 atom stereocenters. The van der Waals surface area contributed by atoms with Gasteiger partial charge in [-0.3, -0.25) is 9.59 Å². The van der Waals surface area contributed by atoms with E-state index < -0.39 is 5.92 Å². The van der Waals surface area contributed by atoms with Crippen molar-refractivity contribution in [3.63, 3.8) is 0 Å². The van der Waals surface area contributed by atoms with Crippen LogP contribution in [0.25, 0.3) is 0 Å². The molecule has 0 amide bonds. The zero-order valence-electron chi connectivity index (χ0n) is 15.6. The number of nitrogens with zero attached hydrogens (tertiary/aromatic N) is 2. The number of rotatable bonds is 4. The maximum absolute atomic E-state index is 12.8. The minimum atomic E-state index is -0.682. The Morgan fingerprint density at radius 1 is 0.880 bits per heavy atom. The van der Waals surface area contributed by atoms with Crippen LogP contribution in [0.3, 0.4) is 0 Å². The zero-order valence-corrected chi connectivity index (χ0v) is 15.6. The van der Waals surface area contributed by atoms with Gasteiger partial charge in [-0.1, -0.05) is 13.8 Å². The van der Waals surface area contributed by atoms with Crippen molar-refractivity contribution in [2.24, 2.45) is 20.0 Å². The van der Waals surface area contributed by atoms with Crippen LogP contribution >= 0.6 is 0 Å². The number of hydrogen-bond acceptors (Lipinski definition) is 4. The summed E-state index contributed by atoms with van der Waals surface area (Å²) in [4.78, 5) is 25.6. The van der Waals surface area contributed by atoms with E-state index in [-0.39, 0.29) is 39.7 Å². The number of aromatic nitrogens is 2. The highest BCUT2D eigenvalue weighted by atomic mass is 16.3. The molecular formula is C19H26N2O4. The van der Waals surface area contributed by atoms with E-state index in [4.69, 9.17) is 0 Å². The third-order valence-corrected chi connectivity index (χ3v) is 4.78. The van der Waals surface area contributed by atoms with Gasteiger partial charge in [-0.05, 0) is 38.3 Å². The van der Waals surface area contributed by atoms with Crippen molar-refractivity contribution in [1.29, 1.82) is 0 Å². The van der Waals surface area contributed by atoms with Crippen molar-refractivity contribution in [2.45, 2.75) is 40.0 Å². The molecule has 25 heavy (non-hydrogen) atoms. The predicted molar refractivity (Wildman–Crippen MR) is 97.5 cm³/mol. The lowest BCUT2D eigenvalue weighted by atomic mass is 9.84. The van der Waals surface area contributed by atoms with E-state index >= 15 is 0 Å². The van der Waals surface area contributed by atoms with Crippen LogP contribution in [0, 0.1) is 19.8 Å². The quantitative estimate of drug-likeness (QED) is 0.889. The van der Waals surface area contributed by atoms with Gasteiger partial charge in [0.15, 0.2) is 0 Å². The average Bonchev–Trinajstić information content (AvgIpc) is 2.50. The largest absolute Gasteiger partial charge is 0.507 e. The van der Waals surface area contributed by atoms with Gasteiger partial charge in [-0.25, -0.2) is 0 Å². The zero-order chi connectivity index (χ0) is 19.0. The van der Waals surface area contributed by atoms with Crippen molar-refractivity contribution in [2.75, 3.05) is 0 Å². The van der Waals surface area contributed by atoms with Gasteiger partial charge in [0.1, 0.15) is 11.5 Å². The van der Waals surface area contributed by atoms with Crippen molar-refractivity contribution < 1.29 is 10.2 Å². The monoisotopic (exact) mass is 346 g/mol. The molecule has 2 N–H and O–H groups in total. The third-order valence-electron chi connectivity index (χ3n) is 4.78. The Morgan fingerprint density at radius 3 is 1.56 bits per heavy atom. The van der Waals surface area contributed by atoms with E-state index in [1.165, 1.54) is 21.3 Å². The van der Waals surface area contributed by atoms with E-state index in [0.717, 1.165) is 0 Å². The minimum absolute atomic E-state index is 0.145. The summed E-state index contributed by atoms with van der Waals surface area (Å²) in [5.74, 6) is -0.819. The van der Waals surface area contributed by atoms with Gasteiger partial charge in [0, 0.05) is 31.4 Å². The molecule has 0 spiro atoms. The fourth-order valence-electron chi connectivity index (χ4n) is 3.15. The number of hydrogen-bond donors (Lipinski definition) is 2. The molecule has 2 rings (SSSR count). The molecule has 2 heterocycles. The standard InChI is InChI=1S/C19H26N2O4/c1-10(2)7-13(16-14(22)8-11(3)20(5)18(16)24)17-15(23)9-12(4)21(6)19(17)25/h8-10,13,22-23H,7H2,1-6H3. The van der Waals surface area contributed by atoms with E-state index in [1.54, 1.807) is 27.9 Å². The molecule has 136 valence electrons. The molecule has 2 aromatic heterocycles. The Bertz CT molecular complexity index is 851. The van der Waals surface area contributed by atoms with E-state index in [9.17, 15) is 19.8 Å². The molecular weight excluding hydrogens is 320 g/mol. The van der Waals surface area contributed by atoms with Gasteiger partial charge in [0.05, 0.1) is 11.1 Å². The maximum Gasteiger partial charge on any atom is 0.258 e. The summed E-state index contributed by atoms with van der Waals surface area (Å²) >= 11 is 0. The minimum Gasteiger partial charge on any atom is -0.507 e. The van der Waals surface area contributed by atoms with Gasteiger partial charge in [-0.15, -0.1) is 0 Å². The third kappa shape index (κ3) is 3.34. The summed E-state index contributed by atoms with van der Waals surface area (Å²) in [5.41, 5.74) is 0.831. The van der Waals surface area contributed by atoms with Crippen LogP contribution in [0.2, 0.25) is 0 Å². The number of aryl methyl sites for hydroxylation is 2. The van der Waals surface area contributed by atoms with Gasteiger partial charge in [0.25, 0.3) is 11.1 Å². The molecule has 0 aromatic carbocycles. The lowest BCUT2D eigenvalue weighted by molar-refractivity contribution is 0.430. The maximum atomic E-state index is 12.8. The summed E-state index contributed by atoms with van der Waals surface area (Å²) in [6.07, 6.45) is 0.456. The normalized spacial score (nSPS) is 11.5. The van der Waals surface area contributed by atoms with Crippen LogP contribution in [0.1, 0.15) is 48.7 Å². The Labute approximate surface area is 147 Å². The molecule has 0 saturated heterocycles. The van der Waals surface area contributed by atoms with Crippen LogP contribution in [0.4, 0.5) is 0 Å². The highest BCUT2D eigenvalue weighted by Gasteiger charge is 2.29. The molecule has 6 nitrogen and oxygen atoms in total. The first-order valence-corrected chi connectivity index (χ1v) is 8.35. The van der Waals surface area contributed by atoms with Gasteiger partial charge >= 0.3 is 0 Å². The average molecular weight is 346 g/mol. The number of pyridine rings is 2. The lowest BCUT2D eigenvalue weighted by Crippen LogP contribution is -2.31. The molecule has 0 bridgehead atoms. The summed E-state index contributed by atoms with van der Waals surface area (Å²) in [5, 5.41) is 20.9. The van der Waals surface area contributed by atoms with Crippen LogP contribution in [0.5, 0.6) is 11.5 Å². The Hall–Kier alpha value is -2.50. The molecule has 0 radical (unpaired) electrons. The summed E-state index contributed by atoms with van der Waals surface area (Å²) in [6.45, 7) is 7.40. The van der Waals surface area contributed by atoms with Crippen LogP contribution < -0.4 is 11.1 Å². The second kappa shape index (κ2) is 6.78. The SMILES string of the molecule is Cc1cc(O)c(C(CC(C)C)c2c(O)cc(C)n(C)c2=O)c(=O)n1C. The Morgan fingerprint density at radius 2 is 1.24 bits per heavy atom. The van der Waals surface area contributed by atoms with E-state index in [0.29, 0.717) is 17.8 Å². The van der Waals surface area contributed by atoms with Gasteiger partial charge in [-0.2, -0.15) is 0 Å². The lowest BCUT2D eigenvalue weighted by Gasteiger charge is -2.23. The fourth-order valence-corrected chi connectivity index (χ4v) is 3.15. The van der Waals surface area contributed by atoms with Crippen LogP contribution in [0.15, 0.2) is 21.7 Å². The van der Waals surface area contributed by atoms with E-state index in [1.807, 2.05) is 13.8 Å². The number of aromatic hydroxyl groups is 2. The summed E-state index contributed by atoms with van der Waals surface area (Å²) in [6, 6.07) is 3.03. The molecule has 0 fully saturated rings. The highest BCUT2D eigenvalue weighted by Crippen LogP contribution is 2.36. The van der Waals surface area contributed by atoms with Crippen LogP contribution in [-0.4, -0.2) is 19.3 Å². The van der Waals surface area contributed by atoms with Crippen molar-refractivity contribution >= 4 is 0 Å². The molecule has 0 aliphatic rings. The Balaban J connectivity index is 2.86. The molecule has 0 aliphatic heterocycles.